The van der Waals surface area contributed by atoms with Crippen LogP contribution < -0.4 is 15.0 Å². The molecule has 0 aromatic heterocycles. The summed E-state index contributed by atoms with van der Waals surface area (Å²) < 4.78 is 19.4. The first kappa shape index (κ1) is 22.2. The molecule has 0 saturated carbocycles. The number of rotatable bonds is 5. The lowest BCUT2D eigenvalue weighted by Crippen LogP contribution is -2.54. The summed E-state index contributed by atoms with van der Waals surface area (Å²) in [7, 11) is 0. The molecule has 1 aliphatic heterocycles. The van der Waals surface area contributed by atoms with E-state index < -0.39 is 17.8 Å². The fourth-order valence-corrected chi connectivity index (χ4v) is 3.56. The van der Waals surface area contributed by atoms with Gasteiger partial charge >= 0.3 is 6.03 Å². The molecule has 0 spiro atoms. The number of amides is 4. The number of aryl methyl sites for hydroxylation is 1. The number of carbonyl (C=O) groups excluding carboxylic acids is 3. The standard InChI is InChI=1S/C25H18ClFN2O4/c1-15-5-4-7-18(11-15)29-24(31)19(23(30)28-25(29)32)12-16-9-10-22(20(26)13-16)33-14-17-6-2-3-8-21(17)27/h2-13H,14H2,1H3,(H,28,30,32)/b19-12+. The third-order valence-corrected chi connectivity index (χ3v) is 5.26. The van der Waals surface area contributed by atoms with E-state index >= 15 is 0 Å². The largest absolute Gasteiger partial charge is 0.487 e. The Labute approximate surface area is 194 Å². The minimum absolute atomic E-state index is 0.0126. The van der Waals surface area contributed by atoms with Gasteiger partial charge in [0.2, 0.25) is 0 Å². The molecule has 8 heteroatoms. The number of ether oxygens (including phenoxy) is 1. The summed E-state index contributed by atoms with van der Waals surface area (Å²) in [6.45, 7) is 1.82. The van der Waals surface area contributed by atoms with Gasteiger partial charge in [-0.15, -0.1) is 0 Å². The Morgan fingerprint density at radius 2 is 1.82 bits per heavy atom. The van der Waals surface area contributed by atoms with Gasteiger partial charge in [-0.05, 0) is 54.5 Å². The van der Waals surface area contributed by atoms with E-state index in [0.29, 0.717) is 22.6 Å². The molecule has 0 aliphatic carbocycles. The Balaban J connectivity index is 1.57. The van der Waals surface area contributed by atoms with Crippen LogP contribution in [-0.4, -0.2) is 17.8 Å². The zero-order valence-electron chi connectivity index (χ0n) is 17.5. The van der Waals surface area contributed by atoms with Gasteiger partial charge in [-0.25, -0.2) is 14.1 Å². The fraction of sp³-hybridized carbons (Fsp3) is 0.0800. The number of urea groups is 1. The van der Waals surface area contributed by atoms with E-state index in [-0.39, 0.29) is 23.0 Å². The zero-order chi connectivity index (χ0) is 23.5. The Hall–Kier alpha value is -3.97. The van der Waals surface area contributed by atoms with Crippen LogP contribution in [0.25, 0.3) is 6.08 Å². The van der Waals surface area contributed by atoms with Crippen molar-refractivity contribution in [1.82, 2.24) is 5.32 Å². The lowest BCUT2D eigenvalue weighted by Gasteiger charge is -2.26. The van der Waals surface area contributed by atoms with Gasteiger partial charge in [0.05, 0.1) is 10.7 Å². The first-order chi connectivity index (χ1) is 15.8. The molecule has 4 rings (SSSR count). The lowest BCUT2D eigenvalue weighted by molar-refractivity contribution is -0.122. The average molecular weight is 465 g/mol. The SMILES string of the molecule is Cc1cccc(N2C(=O)NC(=O)/C(=C\c3ccc(OCc4ccccc4F)c(Cl)c3)C2=O)c1. The van der Waals surface area contributed by atoms with Crippen LogP contribution in [0.1, 0.15) is 16.7 Å². The van der Waals surface area contributed by atoms with E-state index in [0.717, 1.165) is 10.5 Å². The van der Waals surface area contributed by atoms with Gasteiger partial charge in [0.1, 0.15) is 23.7 Å². The second-order valence-electron chi connectivity index (χ2n) is 7.37. The molecule has 33 heavy (non-hydrogen) atoms. The molecule has 1 N–H and O–H groups in total. The fourth-order valence-electron chi connectivity index (χ4n) is 3.32. The monoisotopic (exact) mass is 464 g/mol. The zero-order valence-corrected chi connectivity index (χ0v) is 18.2. The third-order valence-electron chi connectivity index (χ3n) is 4.97. The minimum atomic E-state index is -0.817. The molecule has 1 saturated heterocycles. The molecule has 1 heterocycles. The number of hydrogen-bond donors (Lipinski definition) is 1. The van der Waals surface area contributed by atoms with Gasteiger partial charge in [-0.2, -0.15) is 0 Å². The molecular weight excluding hydrogens is 447 g/mol. The average Bonchev–Trinajstić information content (AvgIpc) is 2.77. The highest BCUT2D eigenvalue weighted by atomic mass is 35.5. The van der Waals surface area contributed by atoms with Crippen LogP contribution >= 0.6 is 11.6 Å². The van der Waals surface area contributed by atoms with Crippen molar-refractivity contribution >= 4 is 41.2 Å². The Morgan fingerprint density at radius 3 is 2.55 bits per heavy atom. The normalized spacial score (nSPS) is 15.1. The maximum Gasteiger partial charge on any atom is 0.335 e. The van der Waals surface area contributed by atoms with Crippen molar-refractivity contribution in [3.8, 4) is 5.75 Å². The molecule has 0 radical (unpaired) electrons. The summed E-state index contributed by atoms with van der Waals surface area (Å²) in [6, 6.07) is 16.9. The lowest BCUT2D eigenvalue weighted by atomic mass is 10.1. The van der Waals surface area contributed by atoms with E-state index in [9.17, 15) is 18.8 Å². The van der Waals surface area contributed by atoms with Crippen LogP contribution in [-0.2, 0) is 16.2 Å². The highest BCUT2D eigenvalue weighted by Crippen LogP contribution is 2.29. The third kappa shape index (κ3) is 4.78. The van der Waals surface area contributed by atoms with E-state index in [1.54, 1.807) is 48.5 Å². The van der Waals surface area contributed by atoms with Crippen molar-refractivity contribution in [2.45, 2.75) is 13.5 Å². The van der Waals surface area contributed by atoms with Crippen LogP contribution in [0, 0.1) is 12.7 Å². The number of barbiturate groups is 1. The number of carbonyl (C=O) groups is 3. The van der Waals surface area contributed by atoms with Crippen molar-refractivity contribution in [1.29, 1.82) is 0 Å². The van der Waals surface area contributed by atoms with E-state index in [2.05, 4.69) is 5.32 Å². The number of imide groups is 2. The summed E-state index contributed by atoms with van der Waals surface area (Å²) in [4.78, 5) is 38.6. The van der Waals surface area contributed by atoms with Crippen LogP contribution in [0.2, 0.25) is 5.02 Å². The summed E-state index contributed by atoms with van der Waals surface area (Å²) in [6.07, 6.45) is 1.35. The molecule has 3 aromatic carbocycles. The highest BCUT2D eigenvalue weighted by Gasteiger charge is 2.36. The highest BCUT2D eigenvalue weighted by molar-refractivity contribution is 6.39. The molecule has 1 aliphatic rings. The van der Waals surface area contributed by atoms with Crippen molar-refractivity contribution < 1.29 is 23.5 Å². The molecule has 4 amide bonds. The molecule has 0 bridgehead atoms. The summed E-state index contributed by atoms with van der Waals surface area (Å²) >= 11 is 6.29. The second kappa shape index (κ2) is 9.26. The summed E-state index contributed by atoms with van der Waals surface area (Å²) in [5, 5.41) is 2.40. The first-order valence-corrected chi connectivity index (χ1v) is 10.3. The maximum absolute atomic E-state index is 13.8. The molecule has 6 nitrogen and oxygen atoms in total. The van der Waals surface area contributed by atoms with Gasteiger partial charge in [-0.3, -0.25) is 14.9 Å². The molecule has 0 unspecified atom stereocenters. The van der Waals surface area contributed by atoms with E-state index in [4.69, 9.17) is 16.3 Å². The number of halogens is 2. The van der Waals surface area contributed by atoms with Crippen LogP contribution in [0.15, 0.2) is 72.3 Å². The Morgan fingerprint density at radius 1 is 1.03 bits per heavy atom. The van der Waals surface area contributed by atoms with Gasteiger partial charge in [-0.1, -0.05) is 48.0 Å². The molecule has 166 valence electrons. The quantitative estimate of drug-likeness (QED) is 0.424. The number of anilines is 1. The number of hydrogen-bond acceptors (Lipinski definition) is 4. The van der Waals surface area contributed by atoms with Crippen molar-refractivity contribution in [2.24, 2.45) is 0 Å². The number of benzene rings is 3. The van der Waals surface area contributed by atoms with Gasteiger partial charge in [0, 0.05) is 5.56 Å². The topological polar surface area (TPSA) is 75.7 Å². The Kier molecular flexibility index (Phi) is 6.24. The maximum atomic E-state index is 13.8. The molecule has 0 atom stereocenters. The van der Waals surface area contributed by atoms with Crippen molar-refractivity contribution in [3.63, 3.8) is 0 Å². The van der Waals surface area contributed by atoms with E-state index in [1.165, 1.54) is 18.2 Å². The van der Waals surface area contributed by atoms with Crippen molar-refractivity contribution in [3.05, 3.63) is 99.8 Å². The molecule has 1 fully saturated rings. The summed E-state index contributed by atoms with van der Waals surface area (Å²) in [5.74, 6) is -1.61. The minimum Gasteiger partial charge on any atom is -0.487 e. The molecular formula is C25H18ClFN2O4. The second-order valence-corrected chi connectivity index (χ2v) is 7.77. The van der Waals surface area contributed by atoms with E-state index in [1.807, 2.05) is 13.0 Å². The first-order valence-electron chi connectivity index (χ1n) is 9.97. The summed E-state index contributed by atoms with van der Waals surface area (Å²) in [5.41, 5.74) is 1.83. The molecule has 3 aromatic rings. The van der Waals surface area contributed by atoms with Gasteiger partial charge < -0.3 is 4.74 Å². The predicted octanol–water partition coefficient (Wildman–Crippen LogP) is 5.03. The predicted molar refractivity (Wildman–Crippen MR) is 122 cm³/mol. The van der Waals surface area contributed by atoms with Crippen LogP contribution in [0.3, 0.4) is 0 Å². The number of nitrogens with one attached hydrogen (secondary N) is 1. The number of nitrogens with zero attached hydrogens (tertiary/aromatic N) is 1. The Bertz CT molecular complexity index is 1310. The van der Waals surface area contributed by atoms with Crippen LogP contribution in [0.5, 0.6) is 5.75 Å². The smallest absolute Gasteiger partial charge is 0.335 e. The van der Waals surface area contributed by atoms with Gasteiger partial charge in [0.15, 0.2) is 0 Å². The van der Waals surface area contributed by atoms with Crippen molar-refractivity contribution in [2.75, 3.05) is 4.90 Å². The van der Waals surface area contributed by atoms with Crippen LogP contribution in [0.4, 0.5) is 14.9 Å². The van der Waals surface area contributed by atoms with Gasteiger partial charge in [0.25, 0.3) is 11.8 Å².